The van der Waals surface area contributed by atoms with E-state index >= 15 is 0 Å². The number of carbonyl (C=O) groups excluding carboxylic acids is 1. The van der Waals surface area contributed by atoms with Crippen LogP contribution in [0.5, 0.6) is 0 Å². The Morgan fingerprint density at radius 2 is 1.97 bits per heavy atom. The summed E-state index contributed by atoms with van der Waals surface area (Å²) in [7, 11) is 0. The zero-order valence-electron chi connectivity index (χ0n) is 17.8. The number of carbonyl (C=O) groups is 1. The summed E-state index contributed by atoms with van der Waals surface area (Å²) < 4.78 is 7.89. The number of unbranched alkanes of at least 4 members (excludes halogenated alkanes) is 1. The second-order valence-electron chi connectivity index (χ2n) is 8.33. The van der Waals surface area contributed by atoms with Gasteiger partial charge in [-0.05, 0) is 70.8 Å². The van der Waals surface area contributed by atoms with Crippen LogP contribution in [-0.2, 0) is 4.74 Å². The Balaban J connectivity index is 1.52. The minimum Gasteiger partial charge on any atom is -0.462 e. The highest BCUT2D eigenvalue weighted by atomic mass is 16.5. The van der Waals surface area contributed by atoms with Crippen molar-refractivity contribution >= 4 is 22.5 Å². The van der Waals surface area contributed by atoms with E-state index in [0.29, 0.717) is 23.7 Å². The first-order valence-corrected chi connectivity index (χ1v) is 10.9. The van der Waals surface area contributed by atoms with E-state index in [-0.39, 0.29) is 5.97 Å². The first kappa shape index (κ1) is 19.9. The number of para-hydroxylation sites is 1. The van der Waals surface area contributed by atoms with E-state index in [4.69, 9.17) is 4.74 Å². The molecule has 1 aromatic carbocycles. The standard InChI is InChI=1S/C24H31N3O2/c1-4-5-12-26-13-10-19(11-14-26)16-29-24(28)22-20-8-6-7-9-21(20)27-18(3)15-17(2)25-23(22)27/h6-9,15,19H,4-5,10-14,16H2,1-3H3. The molecule has 3 aromatic rings. The van der Waals surface area contributed by atoms with Crippen molar-refractivity contribution in [1.82, 2.24) is 14.3 Å². The average molecular weight is 394 g/mol. The van der Waals surface area contributed by atoms with Gasteiger partial charge in [0.25, 0.3) is 0 Å². The second-order valence-corrected chi connectivity index (χ2v) is 8.33. The van der Waals surface area contributed by atoms with Crippen LogP contribution in [0.4, 0.5) is 0 Å². The first-order chi connectivity index (χ1) is 14.1. The number of hydrogen-bond acceptors (Lipinski definition) is 4. The maximum Gasteiger partial charge on any atom is 0.342 e. The predicted molar refractivity (Wildman–Crippen MR) is 117 cm³/mol. The topological polar surface area (TPSA) is 46.8 Å². The number of fused-ring (bicyclic) bond motifs is 3. The quantitative estimate of drug-likeness (QED) is 0.566. The maximum atomic E-state index is 13.1. The van der Waals surface area contributed by atoms with E-state index in [1.807, 2.05) is 37.3 Å². The number of rotatable bonds is 6. The summed E-state index contributed by atoms with van der Waals surface area (Å²) in [6.45, 7) is 10.2. The lowest BCUT2D eigenvalue weighted by Crippen LogP contribution is -2.36. The third kappa shape index (κ3) is 4.01. The molecule has 29 heavy (non-hydrogen) atoms. The molecule has 1 saturated heterocycles. The molecule has 0 saturated carbocycles. The molecule has 0 N–H and O–H groups in total. The van der Waals surface area contributed by atoms with Crippen LogP contribution in [0.2, 0.25) is 0 Å². The number of nitrogens with zero attached hydrogens (tertiary/aromatic N) is 3. The average Bonchev–Trinajstić information content (AvgIpc) is 3.05. The molecule has 0 spiro atoms. The molecule has 0 atom stereocenters. The summed E-state index contributed by atoms with van der Waals surface area (Å²) in [5, 5.41) is 0.910. The van der Waals surface area contributed by atoms with Crippen LogP contribution >= 0.6 is 0 Å². The lowest BCUT2D eigenvalue weighted by atomic mass is 9.97. The van der Waals surface area contributed by atoms with Crippen molar-refractivity contribution in [2.75, 3.05) is 26.2 Å². The molecule has 0 unspecified atom stereocenters. The van der Waals surface area contributed by atoms with Crippen LogP contribution in [0.15, 0.2) is 30.3 Å². The minimum absolute atomic E-state index is 0.255. The minimum atomic E-state index is -0.255. The van der Waals surface area contributed by atoms with Crippen molar-refractivity contribution in [3.05, 3.63) is 47.3 Å². The van der Waals surface area contributed by atoms with Crippen LogP contribution in [0.3, 0.4) is 0 Å². The van der Waals surface area contributed by atoms with Gasteiger partial charge < -0.3 is 9.64 Å². The highest BCUT2D eigenvalue weighted by Crippen LogP contribution is 2.28. The van der Waals surface area contributed by atoms with Crippen molar-refractivity contribution in [1.29, 1.82) is 0 Å². The molecule has 0 aliphatic carbocycles. The molecule has 154 valence electrons. The number of aryl methyl sites for hydroxylation is 2. The lowest BCUT2D eigenvalue weighted by Gasteiger charge is -2.31. The highest BCUT2D eigenvalue weighted by molar-refractivity contribution is 6.10. The molecule has 0 radical (unpaired) electrons. The molecular weight excluding hydrogens is 362 g/mol. The number of ether oxygens (including phenoxy) is 1. The fourth-order valence-electron chi connectivity index (χ4n) is 4.48. The largest absolute Gasteiger partial charge is 0.462 e. The second kappa shape index (κ2) is 8.54. The van der Waals surface area contributed by atoms with Crippen molar-refractivity contribution in [3.63, 3.8) is 0 Å². The summed E-state index contributed by atoms with van der Waals surface area (Å²) in [5.41, 5.74) is 4.27. The van der Waals surface area contributed by atoms with E-state index in [0.717, 1.165) is 48.2 Å². The Morgan fingerprint density at radius 1 is 1.21 bits per heavy atom. The van der Waals surface area contributed by atoms with Gasteiger partial charge in [-0.15, -0.1) is 0 Å². The first-order valence-electron chi connectivity index (χ1n) is 10.9. The lowest BCUT2D eigenvalue weighted by molar-refractivity contribution is 0.0376. The molecule has 1 aliphatic heterocycles. The fourth-order valence-corrected chi connectivity index (χ4v) is 4.48. The normalized spacial score (nSPS) is 16.0. The summed E-state index contributed by atoms with van der Waals surface area (Å²) >= 11 is 0. The van der Waals surface area contributed by atoms with Gasteiger partial charge in [0.1, 0.15) is 5.56 Å². The number of likely N-dealkylation sites (tertiary alicyclic amines) is 1. The van der Waals surface area contributed by atoms with Gasteiger partial charge in [-0.25, -0.2) is 9.78 Å². The summed E-state index contributed by atoms with van der Waals surface area (Å²) in [6, 6.07) is 10.0. The monoisotopic (exact) mass is 393 g/mol. The van der Waals surface area contributed by atoms with Gasteiger partial charge >= 0.3 is 5.97 Å². The molecule has 2 aromatic heterocycles. The zero-order valence-corrected chi connectivity index (χ0v) is 17.8. The van der Waals surface area contributed by atoms with Crippen molar-refractivity contribution in [2.24, 2.45) is 5.92 Å². The number of benzene rings is 1. The van der Waals surface area contributed by atoms with E-state index in [1.54, 1.807) is 0 Å². The van der Waals surface area contributed by atoms with Crippen molar-refractivity contribution in [3.8, 4) is 0 Å². The Bertz CT molecular complexity index is 1020. The van der Waals surface area contributed by atoms with Gasteiger partial charge in [0, 0.05) is 16.8 Å². The number of esters is 1. The maximum absolute atomic E-state index is 13.1. The van der Waals surface area contributed by atoms with Crippen LogP contribution < -0.4 is 0 Å². The van der Waals surface area contributed by atoms with Gasteiger partial charge in [0.05, 0.1) is 12.1 Å². The highest BCUT2D eigenvalue weighted by Gasteiger charge is 2.24. The SMILES string of the molecule is CCCCN1CCC(COC(=O)c2c3ccccc3n3c(C)cc(C)nc23)CC1. The van der Waals surface area contributed by atoms with E-state index in [2.05, 4.69) is 28.1 Å². The molecule has 3 heterocycles. The van der Waals surface area contributed by atoms with Crippen LogP contribution in [-0.4, -0.2) is 46.5 Å². The van der Waals surface area contributed by atoms with Gasteiger partial charge in [0.2, 0.25) is 0 Å². The number of piperidine rings is 1. The van der Waals surface area contributed by atoms with E-state index < -0.39 is 0 Å². The zero-order chi connectivity index (χ0) is 20.4. The van der Waals surface area contributed by atoms with Crippen LogP contribution in [0, 0.1) is 19.8 Å². The Kier molecular flexibility index (Phi) is 5.86. The van der Waals surface area contributed by atoms with Crippen molar-refractivity contribution in [2.45, 2.75) is 46.5 Å². The molecular formula is C24H31N3O2. The summed E-state index contributed by atoms with van der Waals surface area (Å²) in [5.74, 6) is 0.197. The van der Waals surface area contributed by atoms with Gasteiger partial charge in [0.15, 0.2) is 5.65 Å². The van der Waals surface area contributed by atoms with E-state index in [1.165, 1.54) is 19.4 Å². The number of hydrogen-bond donors (Lipinski definition) is 0. The van der Waals surface area contributed by atoms with E-state index in [9.17, 15) is 4.79 Å². The molecule has 0 bridgehead atoms. The van der Waals surface area contributed by atoms with Crippen LogP contribution in [0.1, 0.15) is 54.4 Å². The Hall–Kier alpha value is -2.40. The number of aromatic nitrogens is 2. The molecule has 4 rings (SSSR count). The third-order valence-corrected chi connectivity index (χ3v) is 6.09. The molecule has 1 aliphatic rings. The summed E-state index contributed by atoms with van der Waals surface area (Å²) in [6.07, 6.45) is 4.71. The third-order valence-electron chi connectivity index (χ3n) is 6.09. The summed E-state index contributed by atoms with van der Waals surface area (Å²) in [4.78, 5) is 20.3. The van der Waals surface area contributed by atoms with Crippen molar-refractivity contribution < 1.29 is 9.53 Å². The van der Waals surface area contributed by atoms with Gasteiger partial charge in [-0.3, -0.25) is 4.40 Å². The van der Waals surface area contributed by atoms with Gasteiger partial charge in [-0.1, -0.05) is 31.5 Å². The smallest absolute Gasteiger partial charge is 0.342 e. The molecule has 1 fully saturated rings. The molecule has 5 nitrogen and oxygen atoms in total. The molecule has 5 heteroatoms. The Labute approximate surface area is 172 Å². The van der Waals surface area contributed by atoms with Gasteiger partial charge in [-0.2, -0.15) is 0 Å². The molecule has 0 amide bonds. The Morgan fingerprint density at radius 3 is 2.72 bits per heavy atom. The van der Waals surface area contributed by atoms with Crippen LogP contribution in [0.25, 0.3) is 16.6 Å². The fraction of sp³-hybridized carbons (Fsp3) is 0.500. The predicted octanol–water partition coefficient (Wildman–Crippen LogP) is 4.77.